The highest BCUT2D eigenvalue weighted by Gasteiger charge is 2.33. The molecule has 0 aromatic heterocycles. The number of rotatable bonds is 4. The van der Waals surface area contributed by atoms with Crippen molar-refractivity contribution in [3.63, 3.8) is 0 Å². The van der Waals surface area contributed by atoms with E-state index in [0.717, 1.165) is 51.6 Å². The molecule has 1 aliphatic carbocycles. The van der Waals surface area contributed by atoms with Crippen LogP contribution in [0.3, 0.4) is 0 Å². The van der Waals surface area contributed by atoms with Gasteiger partial charge in [-0.15, -0.1) is 0 Å². The lowest BCUT2D eigenvalue weighted by molar-refractivity contribution is -0.139. The van der Waals surface area contributed by atoms with Crippen molar-refractivity contribution in [2.45, 2.75) is 50.5 Å². The number of amides is 2. The van der Waals surface area contributed by atoms with Crippen molar-refractivity contribution >= 4 is 11.8 Å². The zero-order valence-corrected chi connectivity index (χ0v) is 11.9. The molecule has 2 amide bonds. The normalized spacial score (nSPS) is 21.7. The van der Waals surface area contributed by atoms with Gasteiger partial charge in [0, 0.05) is 32.1 Å². The van der Waals surface area contributed by atoms with Crippen LogP contribution in [0.1, 0.15) is 44.9 Å². The van der Waals surface area contributed by atoms with Crippen LogP contribution in [0.25, 0.3) is 0 Å². The summed E-state index contributed by atoms with van der Waals surface area (Å²) in [5.74, 6) is 0.0581. The number of carbonyl (C=O) groups is 2. The van der Waals surface area contributed by atoms with Crippen LogP contribution in [0.5, 0.6) is 0 Å². The first kappa shape index (κ1) is 14.3. The molecule has 1 heterocycles. The summed E-state index contributed by atoms with van der Waals surface area (Å²) in [7, 11) is 1.70. The number of likely N-dealkylation sites (N-methyl/N-ethyl adjacent to an activating group) is 1. The van der Waals surface area contributed by atoms with E-state index in [9.17, 15) is 9.59 Å². The van der Waals surface area contributed by atoms with Crippen molar-refractivity contribution in [1.82, 2.24) is 9.80 Å². The van der Waals surface area contributed by atoms with Gasteiger partial charge >= 0.3 is 0 Å². The van der Waals surface area contributed by atoms with E-state index >= 15 is 0 Å². The molecule has 5 heteroatoms. The average Bonchev–Trinajstić information content (AvgIpc) is 3.00. The molecule has 2 N–H and O–H groups in total. The van der Waals surface area contributed by atoms with Crippen molar-refractivity contribution in [3.8, 4) is 0 Å². The van der Waals surface area contributed by atoms with Crippen molar-refractivity contribution < 1.29 is 9.59 Å². The second-order valence-corrected chi connectivity index (χ2v) is 6.08. The highest BCUT2D eigenvalue weighted by atomic mass is 16.2. The van der Waals surface area contributed by atoms with Gasteiger partial charge in [0.2, 0.25) is 11.8 Å². The molecule has 0 bridgehead atoms. The fourth-order valence-electron chi connectivity index (χ4n) is 3.05. The van der Waals surface area contributed by atoms with E-state index in [4.69, 9.17) is 5.73 Å². The van der Waals surface area contributed by atoms with Crippen LogP contribution in [0.4, 0.5) is 0 Å². The van der Waals surface area contributed by atoms with E-state index in [1.54, 1.807) is 7.05 Å². The molecule has 1 aliphatic heterocycles. The van der Waals surface area contributed by atoms with E-state index in [2.05, 4.69) is 0 Å². The average molecular weight is 267 g/mol. The molecule has 0 spiro atoms. The molecule has 1 saturated carbocycles. The molecular formula is C14H25N3O2. The number of nitrogens with zero attached hydrogens (tertiary/aromatic N) is 2. The van der Waals surface area contributed by atoms with Gasteiger partial charge in [0.1, 0.15) is 0 Å². The van der Waals surface area contributed by atoms with Gasteiger partial charge < -0.3 is 15.5 Å². The molecular weight excluding hydrogens is 242 g/mol. The summed E-state index contributed by atoms with van der Waals surface area (Å²) in [5.41, 5.74) is 5.88. The van der Waals surface area contributed by atoms with Crippen molar-refractivity contribution in [2.75, 3.05) is 26.7 Å². The lowest BCUT2D eigenvalue weighted by Crippen LogP contribution is -2.45. The maximum atomic E-state index is 12.1. The minimum atomic E-state index is -0.331. The van der Waals surface area contributed by atoms with E-state index in [0.29, 0.717) is 6.42 Å². The van der Waals surface area contributed by atoms with Crippen molar-refractivity contribution in [1.29, 1.82) is 0 Å². The molecule has 2 fully saturated rings. The van der Waals surface area contributed by atoms with Gasteiger partial charge in [-0.2, -0.15) is 0 Å². The predicted molar refractivity (Wildman–Crippen MR) is 73.5 cm³/mol. The van der Waals surface area contributed by atoms with Gasteiger partial charge in [-0.05, 0) is 25.7 Å². The smallest absolute Gasteiger partial charge is 0.242 e. The summed E-state index contributed by atoms with van der Waals surface area (Å²) < 4.78 is 0. The van der Waals surface area contributed by atoms with Gasteiger partial charge in [0.05, 0.1) is 6.54 Å². The van der Waals surface area contributed by atoms with E-state index in [1.165, 1.54) is 4.90 Å². The maximum absolute atomic E-state index is 12.1. The molecule has 19 heavy (non-hydrogen) atoms. The molecule has 1 saturated heterocycles. The van der Waals surface area contributed by atoms with Crippen molar-refractivity contribution in [3.05, 3.63) is 0 Å². The summed E-state index contributed by atoms with van der Waals surface area (Å²) in [6, 6.07) is 0. The highest BCUT2D eigenvalue weighted by Crippen LogP contribution is 2.30. The topological polar surface area (TPSA) is 66.6 Å². The summed E-state index contributed by atoms with van der Waals surface area (Å²) in [5, 5.41) is 0. The Balaban J connectivity index is 1.80. The minimum absolute atomic E-state index is 0.00283. The highest BCUT2D eigenvalue weighted by molar-refractivity contribution is 5.85. The first-order valence-electron chi connectivity index (χ1n) is 7.31. The van der Waals surface area contributed by atoms with Gasteiger partial charge in [0.25, 0.3) is 0 Å². The summed E-state index contributed by atoms with van der Waals surface area (Å²) in [4.78, 5) is 27.5. The molecule has 0 unspecified atom stereocenters. The van der Waals surface area contributed by atoms with Crippen molar-refractivity contribution in [2.24, 2.45) is 5.73 Å². The summed E-state index contributed by atoms with van der Waals surface area (Å²) >= 11 is 0. The number of hydrogen-bond acceptors (Lipinski definition) is 3. The van der Waals surface area contributed by atoms with Crippen LogP contribution >= 0.6 is 0 Å². The largest absolute Gasteiger partial charge is 0.341 e. The molecule has 0 aromatic rings. The standard InChI is InChI=1S/C14H25N3O2/c1-16(11-13(19)17-8-4-5-9-17)12(18)10-14(15)6-2-3-7-14/h2-11,15H2,1H3. The van der Waals surface area contributed by atoms with E-state index in [-0.39, 0.29) is 23.9 Å². The molecule has 108 valence electrons. The Bertz CT molecular complexity index is 345. The van der Waals surface area contributed by atoms with Gasteiger partial charge in [-0.3, -0.25) is 9.59 Å². The van der Waals surface area contributed by atoms with E-state index < -0.39 is 0 Å². The third-order valence-corrected chi connectivity index (χ3v) is 4.36. The summed E-state index contributed by atoms with van der Waals surface area (Å²) in [6.45, 7) is 1.86. The van der Waals surface area contributed by atoms with E-state index in [1.807, 2.05) is 4.90 Å². The van der Waals surface area contributed by atoms with Crippen LogP contribution < -0.4 is 5.73 Å². The Morgan fingerprint density at radius 2 is 1.74 bits per heavy atom. The van der Waals surface area contributed by atoms with Crippen LogP contribution in [0.2, 0.25) is 0 Å². The lowest BCUT2D eigenvalue weighted by Gasteiger charge is -2.27. The Morgan fingerprint density at radius 1 is 1.16 bits per heavy atom. The SMILES string of the molecule is CN(CC(=O)N1CCCC1)C(=O)CC1(N)CCCC1. The monoisotopic (exact) mass is 267 g/mol. The number of hydrogen-bond donors (Lipinski definition) is 1. The quantitative estimate of drug-likeness (QED) is 0.816. The Labute approximate surface area is 115 Å². The third kappa shape index (κ3) is 3.69. The molecule has 0 atom stereocenters. The number of carbonyl (C=O) groups excluding carboxylic acids is 2. The number of nitrogens with two attached hydrogens (primary N) is 1. The van der Waals surface area contributed by atoms with Crippen LogP contribution in [0, 0.1) is 0 Å². The van der Waals surface area contributed by atoms with Gasteiger partial charge in [0.15, 0.2) is 0 Å². The Kier molecular flexibility index (Phi) is 4.45. The zero-order valence-electron chi connectivity index (χ0n) is 11.9. The first-order chi connectivity index (χ1) is 9.00. The second-order valence-electron chi connectivity index (χ2n) is 6.08. The second kappa shape index (κ2) is 5.90. The number of likely N-dealkylation sites (tertiary alicyclic amines) is 1. The van der Waals surface area contributed by atoms with Gasteiger partial charge in [-0.25, -0.2) is 0 Å². The Morgan fingerprint density at radius 3 is 2.32 bits per heavy atom. The third-order valence-electron chi connectivity index (χ3n) is 4.36. The molecule has 0 aromatic carbocycles. The lowest BCUT2D eigenvalue weighted by atomic mass is 9.94. The van der Waals surface area contributed by atoms with Crippen LogP contribution in [-0.4, -0.2) is 53.8 Å². The fraction of sp³-hybridized carbons (Fsp3) is 0.857. The Hall–Kier alpha value is -1.10. The maximum Gasteiger partial charge on any atom is 0.242 e. The van der Waals surface area contributed by atoms with Gasteiger partial charge in [-0.1, -0.05) is 12.8 Å². The first-order valence-corrected chi connectivity index (χ1v) is 7.31. The zero-order chi connectivity index (χ0) is 13.9. The molecule has 2 aliphatic rings. The van der Waals surface area contributed by atoms with Crippen LogP contribution in [-0.2, 0) is 9.59 Å². The minimum Gasteiger partial charge on any atom is -0.341 e. The fourth-order valence-corrected chi connectivity index (χ4v) is 3.05. The van der Waals surface area contributed by atoms with Crippen LogP contribution in [0.15, 0.2) is 0 Å². The molecule has 5 nitrogen and oxygen atoms in total. The predicted octanol–water partition coefficient (Wildman–Crippen LogP) is 0.729. The molecule has 0 radical (unpaired) electrons. The molecule has 2 rings (SSSR count). The summed E-state index contributed by atoms with van der Waals surface area (Å²) in [6.07, 6.45) is 6.60.